The Kier molecular flexibility index (Phi) is 5.83. The van der Waals surface area contributed by atoms with E-state index in [-0.39, 0.29) is 5.91 Å². The smallest absolute Gasteiger partial charge is 0.221 e. The summed E-state index contributed by atoms with van der Waals surface area (Å²) >= 11 is 1.54. The Bertz CT molecular complexity index is 947. The molecule has 0 saturated carbocycles. The van der Waals surface area contributed by atoms with Gasteiger partial charge in [0, 0.05) is 23.1 Å². The summed E-state index contributed by atoms with van der Waals surface area (Å²) < 4.78 is 5.14. The summed E-state index contributed by atoms with van der Waals surface area (Å²) in [5, 5.41) is 7.73. The van der Waals surface area contributed by atoms with Crippen LogP contribution in [0.2, 0.25) is 0 Å². The fourth-order valence-corrected chi connectivity index (χ4v) is 3.26. The van der Waals surface area contributed by atoms with Crippen molar-refractivity contribution >= 4 is 34.3 Å². The number of amides is 1. The van der Waals surface area contributed by atoms with Gasteiger partial charge in [0.05, 0.1) is 19.0 Å². The van der Waals surface area contributed by atoms with Gasteiger partial charge in [-0.15, -0.1) is 11.3 Å². The molecule has 1 aromatic heterocycles. The van der Waals surface area contributed by atoms with Gasteiger partial charge in [0.2, 0.25) is 11.0 Å². The summed E-state index contributed by atoms with van der Waals surface area (Å²) in [6.07, 6.45) is 1.73. The zero-order chi connectivity index (χ0) is 19.2. The number of hydrogen-bond acceptors (Lipinski definition) is 6. The number of thiazole rings is 1. The van der Waals surface area contributed by atoms with Crippen molar-refractivity contribution in [2.45, 2.75) is 13.8 Å². The average molecular weight is 380 g/mol. The molecule has 138 valence electrons. The Morgan fingerprint density at radius 1 is 1.15 bits per heavy atom. The first kappa shape index (κ1) is 18.6. The van der Waals surface area contributed by atoms with E-state index in [2.05, 4.69) is 20.8 Å². The number of ether oxygens (including phenoxy) is 1. The Hall–Kier alpha value is -3.19. The molecule has 0 unspecified atom stereocenters. The lowest BCUT2D eigenvalue weighted by Gasteiger charge is -2.03. The summed E-state index contributed by atoms with van der Waals surface area (Å²) in [5.41, 5.74) is 6.60. The fourth-order valence-electron chi connectivity index (χ4n) is 2.48. The predicted octanol–water partition coefficient (Wildman–Crippen LogP) is 4.53. The van der Waals surface area contributed by atoms with E-state index in [1.54, 1.807) is 13.3 Å². The number of benzene rings is 2. The van der Waals surface area contributed by atoms with Gasteiger partial charge in [-0.05, 0) is 48.9 Å². The second kappa shape index (κ2) is 8.46. The number of nitrogens with one attached hydrogen (secondary N) is 2. The average Bonchev–Trinajstić information content (AvgIpc) is 3.03. The molecule has 3 aromatic rings. The number of aryl methyl sites for hydroxylation is 1. The van der Waals surface area contributed by atoms with Gasteiger partial charge < -0.3 is 10.1 Å². The minimum absolute atomic E-state index is 0.0891. The lowest BCUT2D eigenvalue weighted by Crippen LogP contribution is -2.05. The maximum Gasteiger partial charge on any atom is 0.221 e. The van der Waals surface area contributed by atoms with Crippen molar-refractivity contribution in [1.29, 1.82) is 0 Å². The summed E-state index contributed by atoms with van der Waals surface area (Å²) in [5.74, 6) is 0.721. The molecule has 0 spiro atoms. The van der Waals surface area contributed by atoms with Crippen LogP contribution in [0.4, 0.5) is 10.8 Å². The van der Waals surface area contributed by atoms with Crippen molar-refractivity contribution in [1.82, 2.24) is 4.98 Å². The van der Waals surface area contributed by atoms with Crippen LogP contribution in [0, 0.1) is 6.92 Å². The van der Waals surface area contributed by atoms with Crippen LogP contribution in [-0.2, 0) is 4.79 Å². The number of hydrogen-bond donors (Lipinski definition) is 2. The highest BCUT2D eigenvalue weighted by Gasteiger charge is 2.09. The molecule has 1 heterocycles. The summed E-state index contributed by atoms with van der Waals surface area (Å²) in [4.78, 5) is 16.8. The zero-order valence-electron chi connectivity index (χ0n) is 15.3. The minimum atomic E-state index is -0.0891. The quantitative estimate of drug-likeness (QED) is 0.487. The summed E-state index contributed by atoms with van der Waals surface area (Å²) in [6.45, 7) is 3.51. The first-order chi connectivity index (χ1) is 13.0. The van der Waals surface area contributed by atoms with Crippen molar-refractivity contribution in [3.63, 3.8) is 0 Å². The van der Waals surface area contributed by atoms with E-state index in [4.69, 9.17) is 4.74 Å². The van der Waals surface area contributed by atoms with Gasteiger partial charge in [0.25, 0.3) is 0 Å². The third-order valence-electron chi connectivity index (χ3n) is 3.76. The minimum Gasteiger partial charge on any atom is -0.497 e. The molecule has 7 heteroatoms. The van der Waals surface area contributed by atoms with Gasteiger partial charge in [-0.2, -0.15) is 5.10 Å². The molecule has 0 aliphatic rings. The number of nitrogens with zero attached hydrogens (tertiary/aromatic N) is 2. The van der Waals surface area contributed by atoms with Crippen molar-refractivity contribution < 1.29 is 9.53 Å². The molecule has 0 saturated heterocycles. The van der Waals surface area contributed by atoms with Crippen LogP contribution in [0.3, 0.4) is 0 Å². The van der Waals surface area contributed by atoms with E-state index in [0.29, 0.717) is 0 Å². The molecular formula is C20H20N4O2S. The number of hydrazone groups is 1. The Morgan fingerprint density at radius 2 is 1.85 bits per heavy atom. The van der Waals surface area contributed by atoms with Crippen LogP contribution in [0.15, 0.2) is 53.6 Å². The molecule has 27 heavy (non-hydrogen) atoms. The highest BCUT2D eigenvalue weighted by Crippen LogP contribution is 2.31. The third kappa shape index (κ3) is 4.92. The fraction of sp³-hybridized carbons (Fsp3) is 0.150. The van der Waals surface area contributed by atoms with Crippen LogP contribution in [-0.4, -0.2) is 24.2 Å². The van der Waals surface area contributed by atoms with Gasteiger partial charge in [0.1, 0.15) is 5.75 Å². The highest BCUT2D eigenvalue weighted by atomic mass is 32.1. The second-order valence-corrected chi connectivity index (χ2v) is 7.03. The lowest BCUT2D eigenvalue weighted by molar-refractivity contribution is -0.114. The molecule has 0 atom stereocenters. The van der Waals surface area contributed by atoms with Crippen LogP contribution in [0.5, 0.6) is 5.75 Å². The molecule has 3 rings (SSSR count). The standard InChI is InChI=1S/C20H20N4O2S/c1-13-19(16-6-8-17(9-7-16)22-14(2)25)23-20(27-13)24-21-12-15-4-10-18(26-3)11-5-15/h4-12H,1-3H3,(H,22,25)(H,23,24)/b21-12-. The van der Waals surface area contributed by atoms with E-state index in [1.807, 2.05) is 55.5 Å². The second-order valence-electron chi connectivity index (χ2n) is 5.83. The van der Waals surface area contributed by atoms with E-state index in [1.165, 1.54) is 18.3 Å². The van der Waals surface area contributed by atoms with E-state index in [0.717, 1.165) is 38.3 Å². The monoisotopic (exact) mass is 380 g/mol. The summed E-state index contributed by atoms with van der Waals surface area (Å²) in [7, 11) is 1.64. The van der Waals surface area contributed by atoms with E-state index < -0.39 is 0 Å². The molecular weight excluding hydrogens is 360 g/mol. The largest absolute Gasteiger partial charge is 0.497 e. The van der Waals surface area contributed by atoms with Crippen molar-refractivity contribution in [2.24, 2.45) is 5.10 Å². The number of methoxy groups -OCH3 is 1. The first-order valence-electron chi connectivity index (χ1n) is 8.34. The van der Waals surface area contributed by atoms with Crippen molar-refractivity contribution in [3.8, 4) is 17.0 Å². The first-order valence-corrected chi connectivity index (χ1v) is 9.15. The number of rotatable bonds is 6. The number of carbonyl (C=O) groups excluding carboxylic acids is 1. The molecule has 0 aliphatic heterocycles. The lowest BCUT2D eigenvalue weighted by atomic mass is 10.1. The normalized spacial score (nSPS) is 10.8. The van der Waals surface area contributed by atoms with Gasteiger partial charge in [0.15, 0.2) is 0 Å². The van der Waals surface area contributed by atoms with Crippen molar-refractivity contribution in [3.05, 3.63) is 59.0 Å². The molecule has 6 nitrogen and oxygen atoms in total. The Morgan fingerprint density at radius 3 is 2.48 bits per heavy atom. The maximum absolute atomic E-state index is 11.1. The zero-order valence-corrected chi connectivity index (χ0v) is 16.1. The SMILES string of the molecule is COc1ccc(/C=N\Nc2nc(-c3ccc(NC(C)=O)cc3)c(C)s2)cc1. The number of aromatic nitrogens is 1. The predicted molar refractivity (Wildman–Crippen MR) is 111 cm³/mol. The molecule has 2 aromatic carbocycles. The third-order valence-corrected chi connectivity index (χ3v) is 4.64. The molecule has 0 aliphatic carbocycles. The molecule has 0 fully saturated rings. The van der Waals surface area contributed by atoms with Crippen LogP contribution >= 0.6 is 11.3 Å². The van der Waals surface area contributed by atoms with Gasteiger partial charge in [-0.1, -0.05) is 12.1 Å². The van der Waals surface area contributed by atoms with E-state index in [9.17, 15) is 4.79 Å². The number of anilines is 2. The van der Waals surface area contributed by atoms with Crippen molar-refractivity contribution in [2.75, 3.05) is 17.9 Å². The van der Waals surface area contributed by atoms with Gasteiger partial charge >= 0.3 is 0 Å². The maximum atomic E-state index is 11.1. The number of carbonyl (C=O) groups is 1. The Labute approximate surface area is 161 Å². The Balaban J connectivity index is 1.68. The highest BCUT2D eigenvalue weighted by molar-refractivity contribution is 7.15. The molecule has 2 N–H and O–H groups in total. The molecule has 0 bridgehead atoms. The van der Waals surface area contributed by atoms with E-state index >= 15 is 0 Å². The topological polar surface area (TPSA) is 75.6 Å². The van der Waals surface area contributed by atoms with Gasteiger partial charge in [-0.25, -0.2) is 4.98 Å². The van der Waals surface area contributed by atoms with Crippen LogP contribution < -0.4 is 15.5 Å². The molecule has 0 radical (unpaired) electrons. The van der Waals surface area contributed by atoms with Gasteiger partial charge in [-0.3, -0.25) is 10.2 Å². The summed E-state index contributed by atoms with van der Waals surface area (Å²) in [6, 6.07) is 15.2. The van der Waals surface area contributed by atoms with Crippen LogP contribution in [0.1, 0.15) is 17.4 Å². The molecule has 1 amide bonds. The van der Waals surface area contributed by atoms with Crippen LogP contribution in [0.25, 0.3) is 11.3 Å².